The lowest BCUT2D eigenvalue weighted by atomic mass is 10.1. The predicted octanol–water partition coefficient (Wildman–Crippen LogP) is 0.202. The number of methoxy groups -OCH3 is 2. The van der Waals surface area contributed by atoms with Gasteiger partial charge in [-0.1, -0.05) is 6.07 Å². The number of anilines is 1. The number of carbonyl (C=O) groups is 1. The van der Waals surface area contributed by atoms with Crippen molar-refractivity contribution >= 4 is 11.6 Å². The van der Waals surface area contributed by atoms with E-state index in [1.54, 1.807) is 14.2 Å². The molecule has 7 nitrogen and oxygen atoms in total. The SMILES string of the molecule is COc1ccc(OCC[NH+]2CC[NH+]([C@H](C)C(=O)Nc3cc(C)ccc3OC)CC2)cc1. The number of hydrogen-bond donors (Lipinski definition) is 3. The van der Waals surface area contributed by atoms with E-state index in [0.29, 0.717) is 12.4 Å². The second-order valence-electron chi connectivity index (χ2n) is 8.10. The van der Waals surface area contributed by atoms with Gasteiger partial charge in [0, 0.05) is 0 Å². The van der Waals surface area contributed by atoms with Gasteiger partial charge in [-0.15, -0.1) is 0 Å². The minimum Gasteiger partial charge on any atom is -0.497 e. The number of quaternary nitrogens is 2. The fraction of sp³-hybridized carbons (Fsp3) is 0.458. The van der Waals surface area contributed by atoms with Crippen molar-refractivity contribution in [3.8, 4) is 17.2 Å². The molecule has 1 aliphatic rings. The molecule has 0 spiro atoms. The zero-order valence-electron chi connectivity index (χ0n) is 19.0. The van der Waals surface area contributed by atoms with Gasteiger partial charge in [0.1, 0.15) is 56.6 Å². The van der Waals surface area contributed by atoms with Gasteiger partial charge in [-0.25, -0.2) is 0 Å². The summed E-state index contributed by atoms with van der Waals surface area (Å²) in [6.45, 7) is 9.66. The molecule has 0 saturated carbocycles. The van der Waals surface area contributed by atoms with Gasteiger partial charge in [0.05, 0.1) is 19.9 Å². The average Bonchev–Trinajstić information content (AvgIpc) is 2.79. The third kappa shape index (κ3) is 6.35. The van der Waals surface area contributed by atoms with E-state index in [2.05, 4.69) is 5.32 Å². The summed E-state index contributed by atoms with van der Waals surface area (Å²) < 4.78 is 16.4. The van der Waals surface area contributed by atoms with Gasteiger partial charge in [0.2, 0.25) is 0 Å². The molecule has 7 heteroatoms. The molecular weight excluding hydrogens is 394 g/mol. The summed E-state index contributed by atoms with van der Waals surface area (Å²) >= 11 is 0. The smallest absolute Gasteiger partial charge is 0.282 e. The van der Waals surface area contributed by atoms with Crippen LogP contribution in [-0.4, -0.2) is 65.5 Å². The Morgan fingerprint density at radius 3 is 2.32 bits per heavy atom. The number of carbonyl (C=O) groups excluding carboxylic acids is 1. The third-order valence-electron chi connectivity index (χ3n) is 6.00. The fourth-order valence-electron chi connectivity index (χ4n) is 3.94. The van der Waals surface area contributed by atoms with E-state index in [1.807, 2.05) is 56.3 Å². The Morgan fingerprint density at radius 2 is 1.68 bits per heavy atom. The molecule has 1 atom stereocenters. The maximum Gasteiger partial charge on any atom is 0.282 e. The van der Waals surface area contributed by atoms with Crippen molar-refractivity contribution in [3.05, 3.63) is 48.0 Å². The number of aryl methyl sites for hydroxylation is 1. The van der Waals surface area contributed by atoms with Crippen LogP contribution in [0.15, 0.2) is 42.5 Å². The lowest BCUT2D eigenvalue weighted by Gasteiger charge is -2.32. The van der Waals surface area contributed by atoms with Crippen LogP contribution in [0.25, 0.3) is 0 Å². The molecule has 1 heterocycles. The summed E-state index contributed by atoms with van der Waals surface area (Å²) in [7, 11) is 3.28. The van der Waals surface area contributed by atoms with Gasteiger partial charge < -0.3 is 29.3 Å². The maximum absolute atomic E-state index is 12.8. The zero-order chi connectivity index (χ0) is 22.2. The Hall–Kier alpha value is -2.77. The van der Waals surface area contributed by atoms with Crippen molar-refractivity contribution in [3.63, 3.8) is 0 Å². The lowest BCUT2D eigenvalue weighted by molar-refractivity contribution is -1.02. The summed E-state index contributed by atoms with van der Waals surface area (Å²) in [5, 5.41) is 3.05. The number of amides is 1. The van der Waals surface area contributed by atoms with Crippen molar-refractivity contribution in [2.75, 3.05) is 58.9 Å². The van der Waals surface area contributed by atoms with E-state index in [9.17, 15) is 4.79 Å². The minimum atomic E-state index is -0.109. The van der Waals surface area contributed by atoms with E-state index in [-0.39, 0.29) is 11.9 Å². The van der Waals surface area contributed by atoms with Crippen molar-refractivity contribution in [2.24, 2.45) is 0 Å². The van der Waals surface area contributed by atoms with Gasteiger partial charge in [-0.2, -0.15) is 0 Å². The number of benzene rings is 2. The summed E-state index contributed by atoms with van der Waals surface area (Å²) in [6.07, 6.45) is 0. The number of rotatable bonds is 9. The van der Waals surface area contributed by atoms with Crippen LogP contribution in [-0.2, 0) is 4.79 Å². The average molecular weight is 430 g/mol. The van der Waals surface area contributed by atoms with Crippen molar-refractivity contribution < 1.29 is 28.8 Å². The van der Waals surface area contributed by atoms with E-state index in [1.165, 1.54) is 9.80 Å². The zero-order valence-corrected chi connectivity index (χ0v) is 19.0. The Morgan fingerprint density at radius 1 is 1.00 bits per heavy atom. The standard InChI is InChI=1S/C24H33N3O4/c1-18-5-10-23(30-4)22(17-18)25-24(28)19(2)27-13-11-26(12-14-27)15-16-31-21-8-6-20(29-3)7-9-21/h5-10,17,19H,11-16H2,1-4H3,(H,25,28)/p+2/t19-/m1/s1. The van der Waals surface area contributed by atoms with E-state index >= 15 is 0 Å². The van der Waals surface area contributed by atoms with Gasteiger partial charge in [0.15, 0.2) is 6.04 Å². The van der Waals surface area contributed by atoms with Gasteiger partial charge in [-0.05, 0) is 55.8 Å². The van der Waals surface area contributed by atoms with Crippen LogP contribution < -0.4 is 29.3 Å². The van der Waals surface area contributed by atoms with Crippen LogP contribution in [0.1, 0.15) is 12.5 Å². The first-order chi connectivity index (χ1) is 15.0. The molecular formula is C24H35N3O4+2. The quantitative estimate of drug-likeness (QED) is 0.533. The molecule has 1 aliphatic heterocycles. The predicted molar refractivity (Wildman–Crippen MR) is 121 cm³/mol. The van der Waals surface area contributed by atoms with Gasteiger partial charge >= 0.3 is 0 Å². The molecule has 1 fully saturated rings. The van der Waals surface area contributed by atoms with Gasteiger partial charge in [-0.3, -0.25) is 4.79 Å². The van der Waals surface area contributed by atoms with Crippen LogP contribution in [0.3, 0.4) is 0 Å². The van der Waals surface area contributed by atoms with Gasteiger partial charge in [0.25, 0.3) is 5.91 Å². The molecule has 168 valence electrons. The van der Waals surface area contributed by atoms with E-state index in [4.69, 9.17) is 14.2 Å². The number of piperazine rings is 1. The summed E-state index contributed by atoms with van der Waals surface area (Å²) in [5.41, 5.74) is 1.82. The molecule has 3 rings (SSSR count). The molecule has 0 aliphatic carbocycles. The number of hydrogen-bond acceptors (Lipinski definition) is 4. The normalized spacial score (nSPS) is 19.4. The first-order valence-corrected chi connectivity index (χ1v) is 10.9. The highest BCUT2D eigenvalue weighted by Gasteiger charge is 2.31. The monoisotopic (exact) mass is 429 g/mol. The topological polar surface area (TPSA) is 65.7 Å². The van der Waals surface area contributed by atoms with Crippen LogP contribution in [0.5, 0.6) is 17.2 Å². The fourth-order valence-corrected chi connectivity index (χ4v) is 3.94. The lowest BCUT2D eigenvalue weighted by Crippen LogP contribution is -3.30. The Labute approximate surface area is 184 Å². The molecule has 2 aromatic rings. The molecule has 0 radical (unpaired) electrons. The largest absolute Gasteiger partial charge is 0.497 e. The molecule has 0 aromatic heterocycles. The van der Waals surface area contributed by atoms with Crippen molar-refractivity contribution in [1.82, 2.24) is 0 Å². The van der Waals surface area contributed by atoms with E-state index < -0.39 is 0 Å². The van der Waals surface area contributed by atoms with Crippen molar-refractivity contribution in [2.45, 2.75) is 19.9 Å². The highest BCUT2D eigenvalue weighted by atomic mass is 16.5. The van der Waals surface area contributed by atoms with Crippen LogP contribution >= 0.6 is 0 Å². The van der Waals surface area contributed by atoms with Crippen LogP contribution in [0, 0.1) is 6.92 Å². The Balaban J connectivity index is 1.42. The molecule has 1 saturated heterocycles. The number of ether oxygens (including phenoxy) is 3. The Bertz CT molecular complexity index is 848. The molecule has 0 bridgehead atoms. The Kier molecular flexibility index (Phi) is 8.14. The molecule has 3 N–H and O–H groups in total. The highest BCUT2D eigenvalue weighted by molar-refractivity contribution is 5.95. The molecule has 31 heavy (non-hydrogen) atoms. The molecule has 0 unspecified atom stereocenters. The molecule has 1 amide bonds. The first kappa shape index (κ1) is 22.9. The second kappa shape index (κ2) is 11.0. The first-order valence-electron chi connectivity index (χ1n) is 10.9. The summed E-state index contributed by atoms with van der Waals surface area (Å²) in [4.78, 5) is 15.7. The third-order valence-corrected chi connectivity index (χ3v) is 6.00. The summed E-state index contributed by atoms with van der Waals surface area (Å²) in [5.74, 6) is 2.41. The van der Waals surface area contributed by atoms with E-state index in [0.717, 1.165) is 55.5 Å². The van der Waals surface area contributed by atoms with Crippen LogP contribution in [0.2, 0.25) is 0 Å². The molecule has 2 aromatic carbocycles. The summed E-state index contributed by atoms with van der Waals surface area (Å²) in [6, 6.07) is 13.4. The van der Waals surface area contributed by atoms with Crippen LogP contribution in [0.4, 0.5) is 5.69 Å². The highest BCUT2D eigenvalue weighted by Crippen LogP contribution is 2.25. The minimum absolute atomic E-state index is 0.0326. The maximum atomic E-state index is 12.8. The number of nitrogens with one attached hydrogen (secondary N) is 3. The second-order valence-corrected chi connectivity index (χ2v) is 8.10. The van der Waals surface area contributed by atoms with Crippen molar-refractivity contribution in [1.29, 1.82) is 0 Å².